The summed E-state index contributed by atoms with van der Waals surface area (Å²) in [5.74, 6) is -0.551. The standard InChI is InChI=1S/C17H24N2O5S2/c1-13(25-12-16(20)24-2)17(21)18-14-6-8-15(9-7-14)26(22,23)19-10-4-3-5-11-19/h6-9,13H,3-5,10-12H2,1-2H3,(H,18,21). The second-order valence-electron chi connectivity index (χ2n) is 6.01. The zero-order chi connectivity index (χ0) is 19.2. The Labute approximate surface area is 158 Å². The van der Waals surface area contributed by atoms with Crippen LogP contribution in [0.5, 0.6) is 0 Å². The molecule has 1 amide bonds. The van der Waals surface area contributed by atoms with Gasteiger partial charge < -0.3 is 10.1 Å². The summed E-state index contributed by atoms with van der Waals surface area (Å²) in [7, 11) is -2.18. The Balaban J connectivity index is 1.96. The molecule has 7 nitrogen and oxygen atoms in total. The molecule has 0 aliphatic carbocycles. The lowest BCUT2D eigenvalue weighted by Gasteiger charge is -2.25. The van der Waals surface area contributed by atoms with E-state index in [1.165, 1.54) is 35.3 Å². The molecule has 2 rings (SSSR count). The van der Waals surface area contributed by atoms with E-state index in [1.54, 1.807) is 19.1 Å². The van der Waals surface area contributed by atoms with Crippen LogP contribution in [0.3, 0.4) is 0 Å². The number of methoxy groups -OCH3 is 1. The van der Waals surface area contributed by atoms with Gasteiger partial charge in [-0.3, -0.25) is 9.59 Å². The van der Waals surface area contributed by atoms with E-state index >= 15 is 0 Å². The highest BCUT2D eigenvalue weighted by Crippen LogP contribution is 2.22. The Bertz CT molecular complexity index is 728. The normalized spacial score (nSPS) is 16.7. The van der Waals surface area contributed by atoms with Gasteiger partial charge in [-0.05, 0) is 44.0 Å². The van der Waals surface area contributed by atoms with Gasteiger partial charge in [0.1, 0.15) is 0 Å². The first-order valence-corrected chi connectivity index (χ1v) is 10.9. The molecule has 0 radical (unpaired) electrons. The van der Waals surface area contributed by atoms with Crippen molar-refractivity contribution < 1.29 is 22.7 Å². The molecule has 144 valence electrons. The molecule has 1 saturated heterocycles. The number of sulfonamides is 1. The molecular formula is C17H24N2O5S2. The topological polar surface area (TPSA) is 92.8 Å². The number of ether oxygens (including phenoxy) is 1. The van der Waals surface area contributed by atoms with Gasteiger partial charge in [0.15, 0.2) is 0 Å². The van der Waals surface area contributed by atoms with Crippen molar-refractivity contribution in [3.05, 3.63) is 24.3 Å². The molecule has 1 heterocycles. The molecule has 1 aromatic carbocycles. The lowest BCUT2D eigenvalue weighted by Crippen LogP contribution is -2.35. The number of benzene rings is 1. The maximum Gasteiger partial charge on any atom is 0.315 e. The highest BCUT2D eigenvalue weighted by atomic mass is 32.2. The fraction of sp³-hybridized carbons (Fsp3) is 0.529. The Morgan fingerprint density at radius 1 is 1.19 bits per heavy atom. The molecule has 9 heteroatoms. The summed E-state index contributed by atoms with van der Waals surface area (Å²) in [6, 6.07) is 6.16. The van der Waals surface area contributed by atoms with Gasteiger partial charge in [-0.2, -0.15) is 4.31 Å². The number of nitrogens with zero attached hydrogens (tertiary/aromatic N) is 1. The fourth-order valence-corrected chi connectivity index (χ4v) is 4.77. The highest BCUT2D eigenvalue weighted by molar-refractivity contribution is 8.01. The van der Waals surface area contributed by atoms with E-state index in [0.29, 0.717) is 18.8 Å². The predicted octanol–water partition coefficient (Wildman–Crippen LogP) is 2.09. The fourth-order valence-electron chi connectivity index (χ4n) is 2.54. The average Bonchev–Trinajstić information content (AvgIpc) is 2.66. The first-order valence-electron chi connectivity index (χ1n) is 8.44. The summed E-state index contributed by atoms with van der Waals surface area (Å²) >= 11 is 1.17. The van der Waals surface area contributed by atoms with Crippen LogP contribution in [-0.2, 0) is 24.3 Å². The van der Waals surface area contributed by atoms with Gasteiger partial charge in [0.05, 0.1) is 23.0 Å². The zero-order valence-corrected chi connectivity index (χ0v) is 16.6. The van der Waals surface area contributed by atoms with Crippen molar-refractivity contribution in [2.45, 2.75) is 36.3 Å². The molecule has 1 aromatic rings. The van der Waals surface area contributed by atoms with E-state index in [0.717, 1.165) is 19.3 Å². The Kier molecular flexibility index (Phi) is 7.48. The molecule has 0 bridgehead atoms. The molecule has 1 aliphatic heterocycles. The maximum absolute atomic E-state index is 12.6. The average molecular weight is 401 g/mol. The van der Waals surface area contributed by atoms with Crippen molar-refractivity contribution >= 4 is 39.3 Å². The number of esters is 1. The Morgan fingerprint density at radius 3 is 2.38 bits per heavy atom. The van der Waals surface area contributed by atoms with Crippen molar-refractivity contribution in [3.63, 3.8) is 0 Å². The minimum atomic E-state index is -3.48. The third-order valence-electron chi connectivity index (χ3n) is 4.12. The van der Waals surface area contributed by atoms with E-state index in [9.17, 15) is 18.0 Å². The van der Waals surface area contributed by atoms with Gasteiger partial charge >= 0.3 is 5.97 Å². The van der Waals surface area contributed by atoms with Crippen molar-refractivity contribution in [1.82, 2.24) is 4.31 Å². The summed E-state index contributed by atoms with van der Waals surface area (Å²) in [4.78, 5) is 23.5. The quantitative estimate of drug-likeness (QED) is 0.705. The number of thioether (sulfide) groups is 1. The van der Waals surface area contributed by atoms with Crippen molar-refractivity contribution in [2.24, 2.45) is 0 Å². The van der Waals surface area contributed by atoms with E-state index < -0.39 is 15.3 Å². The third-order valence-corrected chi connectivity index (χ3v) is 7.15. The van der Waals surface area contributed by atoms with Crippen molar-refractivity contribution in [1.29, 1.82) is 0 Å². The monoisotopic (exact) mass is 400 g/mol. The van der Waals surface area contributed by atoms with Gasteiger partial charge in [0, 0.05) is 18.8 Å². The van der Waals surface area contributed by atoms with Crippen LogP contribution in [0.1, 0.15) is 26.2 Å². The molecule has 1 fully saturated rings. The van der Waals surface area contributed by atoms with Crippen LogP contribution in [0.15, 0.2) is 29.2 Å². The molecule has 26 heavy (non-hydrogen) atoms. The zero-order valence-electron chi connectivity index (χ0n) is 14.9. The second-order valence-corrected chi connectivity index (χ2v) is 9.27. The van der Waals surface area contributed by atoms with Gasteiger partial charge in [0.25, 0.3) is 0 Å². The Morgan fingerprint density at radius 2 is 1.81 bits per heavy atom. The first kappa shape index (κ1) is 20.7. The second kappa shape index (κ2) is 9.38. The maximum atomic E-state index is 12.6. The number of nitrogens with one attached hydrogen (secondary N) is 1. The number of anilines is 1. The highest BCUT2D eigenvalue weighted by Gasteiger charge is 2.25. The number of hydrogen-bond acceptors (Lipinski definition) is 6. The Hall–Kier alpha value is -1.58. The van der Waals surface area contributed by atoms with Gasteiger partial charge in [-0.15, -0.1) is 11.8 Å². The van der Waals surface area contributed by atoms with Crippen LogP contribution in [0.4, 0.5) is 5.69 Å². The molecule has 1 aliphatic rings. The van der Waals surface area contributed by atoms with Gasteiger partial charge in [-0.25, -0.2) is 8.42 Å². The SMILES string of the molecule is COC(=O)CSC(C)C(=O)Nc1ccc(S(=O)(=O)N2CCCCC2)cc1. The summed E-state index contributed by atoms with van der Waals surface area (Å²) in [5.41, 5.74) is 0.512. The van der Waals surface area contributed by atoms with Gasteiger partial charge in [-0.1, -0.05) is 6.42 Å². The van der Waals surface area contributed by atoms with E-state index in [4.69, 9.17) is 0 Å². The molecule has 0 saturated carbocycles. The number of carbonyl (C=O) groups is 2. The van der Waals surface area contributed by atoms with E-state index in [2.05, 4.69) is 10.1 Å². The van der Waals surface area contributed by atoms with E-state index in [-0.39, 0.29) is 22.5 Å². The molecule has 1 N–H and O–H groups in total. The first-order chi connectivity index (χ1) is 12.3. The van der Waals surface area contributed by atoms with Crippen LogP contribution >= 0.6 is 11.8 Å². The van der Waals surface area contributed by atoms with Crippen LogP contribution < -0.4 is 5.32 Å². The number of amides is 1. The number of carbonyl (C=O) groups excluding carboxylic acids is 2. The van der Waals surface area contributed by atoms with Crippen LogP contribution in [-0.4, -0.2) is 55.8 Å². The number of piperidine rings is 1. The minimum absolute atomic E-state index is 0.0953. The summed E-state index contributed by atoms with van der Waals surface area (Å²) in [6.45, 7) is 2.80. The third kappa shape index (κ3) is 5.46. The molecular weight excluding hydrogens is 376 g/mol. The lowest BCUT2D eigenvalue weighted by molar-refractivity contribution is -0.137. The van der Waals surface area contributed by atoms with Crippen LogP contribution in [0.2, 0.25) is 0 Å². The molecule has 0 aromatic heterocycles. The van der Waals surface area contributed by atoms with Crippen LogP contribution in [0, 0.1) is 0 Å². The number of hydrogen-bond donors (Lipinski definition) is 1. The number of rotatable bonds is 7. The molecule has 1 unspecified atom stereocenters. The molecule has 1 atom stereocenters. The summed E-state index contributed by atoms with van der Waals surface area (Å²) < 4.78 is 31.2. The smallest absolute Gasteiger partial charge is 0.315 e. The summed E-state index contributed by atoms with van der Waals surface area (Å²) in [5, 5.41) is 2.28. The minimum Gasteiger partial charge on any atom is -0.468 e. The summed E-state index contributed by atoms with van der Waals surface area (Å²) in [6.07, 6.45) is 2.83. The van der Waals surface area contributed by atoms with Crippen molar-refractivity contribution in [3.8, 4) is 0 Å². The van der Waals surface area contributed by atoms with Gasteiger partial charge in [0.2, 0.25) is 15.9 Å². The largest absolute Gasteiger partial charge is 0.468 e. The van der Waals surface area contributed by atoms with Crippen LogP contribution in [0.25, 0.3) is 0 Å². The molecule has 0 spiro atoms. The van der Waals surface area contributed by atoms with Crippen molar-refractivity contribution in [2.75, 3.05) is 31.3 Å². The lowest BCUT2D eigenvalue weighted by atomic mass is 10.2. The van der Waals surface area contributed by atoms with E-state index in [1.807, 2.05) is 0 Å². The predicted molar refractivity (Wildman–Crippen MR) is 102 cm³/mol.